The number of aromatic nitrogens is 1. The van der Waals surface area contributed by atoms with E-state index in [4.69, 9.17) is 16.1 Å². The molecule has 2 heterocycles. The second kappa shape index (κ2) is 9.36. The van der Waals surface area contributed by atoms with Crippen molar-refractivity contribution >= 4 is 52.9 Å². The summed E-state index contributed by atoms with van der Waals surface area (Å²) in [6, 6.07) is 5.90. The maximum Gasteiger partial charge on any atom is 0.194 e. The first-order valence-electron chi connectivity index (χ1n) is 6.72. The number of aryl methyl sites for hydroxylation is 1. The van der Waals surface area contributed by atoms with Gasteiger partial charge in [-0.3, -0.25) is 4.99 Å². The molecule has 0 unspecified atom stereocenters. The van der Waals surface area contributed by atoms with Crippen molar-refractivity contribution in [3.05, 3.63) is 38.9 Å². The maximum absolute atomic E-state index is 5.95. The van der Waals surface area contributed by atoms with E-state index in [-0.39, 0.29) is 24.0 Å². The van der Waals surface area contributed by atoms with Gasteiger partial charge in [-0.05, 0) is 18.6 Å². The molecule has 0 saturated heterocycles. The zero-order chi connectivity index (χ0) is 15.2. The highest BCUT2D eigenvalue weighted by Crippen LogP contribution is 2.22. The lowest BCUT2D eigenvalue weighted by Gasteiger charge is -2.20. The molecule has 0 radical (unpaired) electrons. The Hall–Kier alpha value is -0.800. The number of nitrogens with one attached hydrogen (secondary N) is 1. The molecular formula is C14H20ClIN4OS. The molecule has 5 nitrogen and oxygen atoms in total. The summed E-state index contributed by atoms with van der Waals surface area (Å²) in [5, 5.41) is 7.24. The molecular weight excluding hydrogens is 435 g/mol. The van der Waals surface area contributed by atoms with E-state index in [0.717, 1.165) is 34.7 Å². The van der Waals surface area contributed by atoms with Gasteiger partial charge in [-0.25, -0.2) is 0 Å². The highest BCUT2D eigenvalue weighted by molar-refractivity contribution is 14.0. The van der Waals surface area contributed by atoms with Crippen LogP contribution < -0.4 is 5.32 Å². The average Bonchev–Trinajstić information content (AvgIpc) is 3.08. The molecule has 2 aromatic heterocycles. The molecule has 2 rings (SSSR count). The van der Waals surface area contributed by atoms with Crippen LogP contribution in [0, 0.1) is 0 Å². The summed E-state index contributed by atoms with van der Waals surface area (Å²) in [6.45, 7) is 3.37. The van der Waals surface area contributed by atoms with Crippen LogP contribution in [-0.2, 0) is 19.5 Å². The van der Waals surface area contributed by atoms with Crippen LogP contribution in [0.1, 0.15) is 23.3 Å². The zero-order valence-corrected chi connectivity index (χ0v) is 16.7. The van der Waals surface area contributed by atoms with Crippen molar-refractivity contribution in [3.8, 4) is 0 Å². The minimum Gasteiger partial charge on any atom is -0.359 e. The molecule has 0 fully saturated rings. The van der Waals surface area contributed by atoms with Crippen LogP contribution in [0.3, 0.4) is 0 Å². The van der Waals surface area contributed by atoms with Gasteiger partial charge in [-0.15, -0.1) is 35.3 Å². The number of rotatable bonds is 5. The van der Waals surface area contributed by atoms with Gasteiger partial charge in [0.1, 0.15) is 0 Å². The standard InChI is InChI=1S/C14H19ClN4OS.HI/c1-4-10-7-11(20-18-10)8-17-14(16-2)19(3)9-12-5-6-13(15)21-12;/h5-7H,4,8-9H2,1-3H3,(H,16,17);1H. The molecule has 22 heavy (non-hydrogen) atoms. The number of hydrogen-bond donors (Lipinski definition) is 1. The molecule has 0 aliphatic carbocycles. The summed E-state index contributed by atoms with van der Waals surface area (Å²) < 4.78 is 6.05. The van der Waals surface area contributed by atoms with Crippen LogP contribution in [0.2, 0.25) is 4.34 Å². The second-order valence-electron chi connectivity index (χ2n) is 4.60. The van der Waals surface area contributed by atoms with E-state index in [1.165, 1.54) is 4.88 Å². The van der Waals surface area contributed by atoms with Crippen LogP contribution >= 0.6 is 46.9 Å². The van der Waals surface area contributed by atoms with Crippen LogP contribution in [0.25, 0.3) is 0 Å². The van der Waals surface area contributed by atoms with E-state index in [2.05, 4.69) is 15.5 Å². The fourth-order valence-electron chi connectivity index (χ4n) is 1.90. The van der Waals surface area contributed by atoms with Crippen molar-refractivity contribution in [2.24, 2.45) is 4.99 Å². The Morgan fingerprint density at radius 1 is 1.50 bits per heavy atom. The topological polar surface area (TPSA) is 53.7 Å². The normalized spacial score (nSPS) is 11.2. The van der Waals surface area contributed by atoms with E-state index in [1.807, 2.05) is 37.1 Å². The van der Waals surface area contributed by atoms with E-state index in [0.29, 0.717) is 6.54 Å². The smallest absolute Gasteiger partial charge is 0.194 e. The maximum atomic E-state index is 5.95. The molecule has 0 atom stereocenters. The van der Waals surface area contributed by atoms with Gasteiger partial charge < -0.3 is 14.7 Å². The minimum atomic E-state index is 0. The van der Waals surface area contributed by atoms with E-state index in [9.17, 15) is 0 Å². The molecule has 1 N–H and O–H groups in total. The lowest BCUT2D eigenvalue weighted by molar-refractivity contribution is 0.371. The first kappa shape index (κ1) is 19.2. The van der Waals surface area contributed by atoms with Crippen LogP contribution in [0.5, 0.6) is 0 Å². The van der Waals surface area contributed by atoms with Crippen molar-refractivity contribution in [3.63, 3.8) is 0 Å². The van der Waals surface area contributed by atoms with Gasteiger partial charge in [-0.2, -0.15) is 0 Å². The Morgan fingerprint density at radius 2 is 2.27 bits per heavy atom. The van der Waals surface area contributed by atoms with Crippen LogP contribution in [-0.4, -0.2) is 30.1 Å². The predicted octanol–water partition coefficient (Wildman–Crippen LogP) is 3.78. The SMILES string of the molecule is CCc1cc(CNC(=NC)N(C)Cc2ccc(Cl)s2)on1.I. The molecule has 2 aromatic rings. The minimum absolute atomic E-state index is 0. The second-order valence-corrected chi connectivity index (χ2v) is 6.40. The Kier molecular flexibility index (Phi) is 8.19. The number of thiophene rings is 1. The molecule has 0 spiro atoms. The van der Waals surface area contributed by atoms with Gasteiger partial charge in [0.05, 0.1) is 23.1 Å². The summed E-state index contributed by atoms with van der Waals surface area (Å²) in [6.07, 6.45) is 0.872. The molecule has 0 aliphatic rings. The summed E-state index contributed by atoms with van der Waals surface area (Å²) in [4.78, 5) is 7.51. The van der Waals surface area contributed by atoms with Gasteiger partial charge in [-0.1, -0.05) is 23.7 Å². The van der Waals surface area contributed by atoms with E-state index < -0.39 is 0 Å². The molecule has 0 saturated carbocycles. The first-order valence-corrected chi connectivity index (χ1v) is 7.92. The molecule has 122 valence electrons. The Morgan fingerprint density at radius 3 is 2.82 bits per heavy atom. The van der Waals surface area contributed by atoms with Gasteiger partial charge >= 0.3 is 0 Å². The fourth-order valence-corrected chi connectivity index (χ4v) is 3.04. The van der Waals surface area contributed by atoms with Gasteiger partial charge in [0.25, 0.3) is 0 Å². The molecule has 0 bridgehead atoms. The van der Waals surface area contributed by atoms with Crippen molar-refractivity contribution < 1.29 is 4.52 Å². The number of halogens is 2. The number of guanidine groups is 1. The van der Waals surface area contributed by atoms with Crippen molar-refractivity contribution in [2.45, 2.75) is 26.4 Å². The van der Waals surface area contributed by atoms with Crippen LogP contribution in [0.15, 0.2) is 27.7 Å². The Balaban J connectivity index is 0.00000242. The van der Waals surface area contributed by atoms with E-state index in [1.54, 1.807) is 18.4 Å². The lowest BCUT2D eigenvalue weighted by atomic mass is 10.3. The number of nitrogens with zero attached hydrogens (tertiary/aromatic N) is 3. The summed E-state index contributed by atoms with van der Waals surface area (Å²) in [5.74, 6) is 1.61. The lowest BCUT2D eigenvalue weighted by Crippen LogP contribution is -2.37. The molecule has 8 heteroatoms. The monoisotopic (exact) mass is 454 g/mol. The Labute approximate surface area is 156 Å². The predicted molar refractivity (Wildman–Crippen MR) is 102 cm³/mol. The zero-order valence-electron chi connectivity index (χ0n) is 12.8. The average molecular weight is 455 g/mol. The van der Waals surface area contributed by atoms with Gasteiger partial charge in [0.2, 0.25) is 0 Å². The number of aliphatic imine (C=N–C) groups is 1. The first-order chi connectivity index (χ1) is 10.1. The van der Waals surface area contributed by atoms with Crippen LogP contribution in [0.4, 0.5) is 0 Å². The highest BCUT2D eigenvalue weighted by atomic mass is 127. The fraction of sp³-hybridized carbons (Fsp3) is 0.429. The number of hydrogen-bond acceptors (Lipinski definition) is 4. The van der Waals surface area contributed by atoms with Crippen molar-refractivity contribution in [2.75, 3.05) is 14.1 Å². The summed E-state index contributed by atoms with van der Waals surface area (Å²) >= 11 is 7.53. The highest BCUT2D eigenvalue weighted by Gasteiger charge is 2.09. The van der Waals surface area contributed by atoms with Gasteiger partial charge in [0, 0.05) is 25.0 Å². The third kappa shape index (κ3) is 5.44. The van der Waals surface area contributed by atoms with Crippen molar-refractivity contribution in [1.29, 1.82) is 0 Å². The largest absolute Gasteiger partial charge is 0.359 e. The molecule has 0 amide bonds. The Bertz CT molecular complexity index is 614. The molecule has 0 aromatic carbocycles. The molecule has 0 aliphatic heterocycles. The van der Waals surface area contributed by atoms with Gasteiger partial charge in [0.15, 0.2) is 11.7 Å². The summed E-state index contributed by atoms with van der Waals surface area (Å²) in [5.41, 5.74) is 0.961. The third-order valence-electron chi connectivity index (χ3n) is 2.99. The van der Waals surface area contributed by atoms with Crippen molar-refractivity contribution in [1.82, 2.24) is 15.4 Å². The quantitative estimate of drug-likeness (QED) is 0.424. The third-order valence-corrected chi connectivity index (χ3v) is 4.20. The summed E-state index contributed by atoms with van der Waals surface area (Å²) in [7, 11) is 3.75. The van der Waals surface area contributed by atoms with E-state index >= 15 is 0 Å².